The number of anilines is 3. The Morgan fingerprint density at radius 2 is 1.71 bits per heavy atom. The standard InChI is InChI=1S/C25H26N4O3S2/c1-3-22(24(31)27-17-13-11-16(12-14-17)23(26)30)34-19-8-6-7-18(15-19)28-25(33)29-20-9-4-5-10-21(20)32-2/h4-15,22H,3H2,1-2H3,(H2,26,30)(H,27,31)(H2,28,29,33). The molecule has 0 aliphatic carbocycles. The topological polar surface area (TPSA) is 105 Å². The third-order valence-electron chi connectivity index (χ3n) is 4.83. The highest BCUT2D eigenvalue weighted by atomic mass is 32.2. The Labute approximate surface area is 208 Å². The Hall–Kier alpha value is -3.56. The Morgan fingerprint density at radius 3 is 2.38 bits per heavy atom. The van der Waals surface area contributed by atoms with Crippen molar-refractivity contribution in [1.29, 1.82) is 0 Å². The van der Waals surface area contributed by atoms with Gasteiger partial charge < -0.3 is 26.4 Å². The van der Waals surface area contributed by atoms with E-state index in [0.29, 0.717) is 28.5 Å². The Morgan fingerprint density at radius 1 is 0.971 bits per heavy atom. The minimum absolute atomic E-state index is 0.119. The molecule has 34 heavy (non-hydrogen) atoms. The summed E-state index contributed by atoms with van der Waals surface area (Å²) in [4.78, 5) is 25.0. The maximum atomic E-state index is 12.8. The first kappa shape index (κ1) is 25.1. The van der Waals surface area contributed by atoms with Gasteiger partial charge in [0.05, 0.1) is 18.0 Å². The number of hydrogen-bond donors (Lipinski definition) is 4. The van der Waals surface area contributed by atoms with Crippen LogP contribution in [0.4, 0.5) is 17.1 Å². The maximum absolute atomic E-state index is 12.8. The van der Waals surface area contributed by atoms with Crippen LogP contribution in [0.5, 0.6) is 5.75 Å². The lowest BCUT2D eigenvalue weighted by atomic mass is 10.2. The van der Waals surface area contributed by atoms with Crippen LogP contribution in [0.25, 0.3) is 0 Å². The van der Waals surface area contributed by atoms with E-state index in [0.717, 1.165) is 16.3 Å². The molecule has 0 radical (unpaired) electrons. The molecule has 1 unspecified atom stereocenters. The minimum atomic E-state index is -0.508. The second kappa shape index (κ2) is 12.1. The van der Waals surface area contributed by atoms with Gasteiger partial charge in [-0.25, -0.2) is 0 Å². The molecule has 0 fully saturated rings. The summed E-state index contributed by atoms with van der Waals surface area (Å²) >= 11 is 6.91. The van der Waals surface area contributed by atoms with Crippen molar-refractivity contribution in [3.63, 3.8) is 0 Å². The van der Waals surface area contributed by atoms with Crippen LogP contribution in [0.3, 0.4) is 0 Å². The van der Waals surface area contributed by atoms with Gasteiger partial charge in [0.2, 0.25) is 11.8 Å². The van der Waals surface area contributed by atoms with Gasteiger partial charge in [0.25, 0.3) is 0 Å². The van der Waals surface area contributed by atoms with Crippen LogP contribution < -0.4 is 26.4 Å². The SMILES string of the molecule is CCC(Sc1cccc(NC(=S)Nc2ccccc2OC)c1)C(=O)Nc1ccc(C(N)=O)cc1. The number of thioether (sulfide) groups is 1. The predicted molar refractivity (Wildman–Crippen MR) is 143 cm³/mol. The molecule has 3 aromatic rings. The highest BCUT2D eigenvalue weighted by Gasteiger charge is 2.18. The molecule has 0 spiro atoms. The van der Waals surface area contributed by atoms with E-state index < -0.39 is 5.91 Å². The molecule has 0 saturated carbocycles. The predicted octanol–water partition coefficient (Wildman–Crippen LogP) is 5.11. The van der Waals surface area contributed by atoms with Gasteiger partial charge in [-0.15, -0.1) is 11.8 Å². The number of ether oxygens (including phenoxy) is 1. The van der Waals surface area contributed by atoms with E-state index in [1.807, 2.05) is 55.5 Å². The highest BCUT2D eigenvalue weighted by Crippen LogP contribution is 2.29. The van der Waals surface area contributed by atoms with Crippen LogP contribution >= 0.6 is 24.0 Å². The smallest absolute Gasteiger partial charge is 0.248 e. The fourth-order valence-electron chi connectivity index (χ4n) is 3.11. The summed E-state index contributed by atoms with van der Waals surface area (Å²) in [5, 5.41) is 9.32. The van der Waals surface area contributed by atoms with Crippen molar-refractivity contribution >= 4 is 58.0 Å². The number of carbonyl (C=O) groups excluding carboxylic acids is 2. The molecule has 0 saturated heterocycles. The average molecular weight is 495 g/mol. The van der Waals surface area contributed by atoms with Gasteiger partial charge in [0, 0.05) is 21.8 Å². The zero-order chi connectivity index (χ0) is 24.5. The number of methoxy groups -OCH3 is 1. The summed E-state index contributed by atoms with van der Waals surface area (Å²) in [5.74, 6) is 0.0639. The van der Waals surface area contributed by atoms with E-state index in [1.165, 1.54) is 11.8 Å². The first-order valence-electron chi connectivity index (χ1n) is 10.6. The van der Waals surface area contributed by atoms with E-state index in [1.54, 1.807) is 31.4 Å². The quantitative estimate of drug-likeness (QED) is 0.242. The largest absolute Gasteiger partial charge is 0.495 e. The van der Waals surface area contributed by atoms with Crippen LogP contribution in [0.2, 0.25) is 0 Å². The van der Waals surface area contributed by atoms with Gasteiger partial charge in [0.1, 0.15) is 5.75 Å². The zero-order valence-corrected chi connectivity index (χ0v) is 20.5. The number of benzene rings is 3. The number of nitrogens with two attached hydrogens (primary N) is 1. The molecule has 0 aliphatic rings. The zero-order valence-electron chi connectivity index (χ0n) is 18.8. The monoisotopic (exact) mass is 494 g/mol. The van der Waals surface area contributed by atoms with Gasteiger partial charge in [-0.1, -0.05) is 25.1 Å². The third-order valence-corrected chi connectivity index (χ3v) is 6.39. The molecular formula is C25H26N4O3S2. The lowest BCUT2D eigenvalue weighted by Crippen LogP contribution is -2.24. The van der Waals surface area contributed by atoms with E-state index in [9.17, 15) is 9.59 Å². The molecule has 3 rings (SSSR count). The first-order chi connectivity index (χ1) is 16.4. The van der Waals surface area contributed by atoms with Crippen LogP contribution in [-0.2, 0) is 4.79 Å². The number of nitrogens with one attached hydrogen (secondary N) is 3. The van der Waals surface area contributed by atoms with Crippen molar-refractivity contribution in [3.05, 3.63) is 78.4 Å². The molecule has 0 heterocycles. The second-order valence-corrected chi connectivity index (χ2v) is 8.94. The van der Waals surface area contributed by atoms with Crippen molar-refractivity contribution in [2.24, 2.45) is 5.73 Å². The molecule has 0 aliphatic heterocycles. The maximum Gasteiger partial charge on any atom is 0.248 e. The van der Waals surface area contributed by atoms with Gasteiger partial charge in [-0.3, -0.25) is 9.59 Å². The van der Waals surface area contributed by atoms with Crippen LogP contribution in [0, 0.1) is 0 Å². The van der Waals surface area contributed by atoms with Gasteiger partial charge >= 0.3 is 0 Å². The molecule has 1 atom stereocenters. The summed E-state index contributed by atoms with van der Waals surface area (Å²) < 4.78 is 5.34. The van der Waals surface area contributed by atoms with E-state index in [4.69, 9.17) is 22.7 Å². The summed E-state index contributed by atoms with van der Waals surface area (Å²) in [6.45, 7) is 1.96. The first-order valence-corrected chi connectivity index (χ1v) is 11.9. The molecule has 7 nitrogen and oxygen atoms in total. The number of primary amides is 1. The third kappa shape index (κ3) is 6.97. The van der Waals surface area contributed by atoms with Crippen LogP contribution in [0.15, 0.2) is 77.7 Å². The van der Waals surface area contributed by atoms with Crippen LogP contribution in [0.1, 0.15) is 23.7 Å². The normalized spacial score (nSPS) is 11.2. The molecule has 9 heteroatoms. The number of thiocarbonyl (C=S) groups is 1. The Bertz CT molecular complexity index is 1170. The van der Waals surface area contributed by atoms with Crippen molar-refractivity contribution in [3.8, 4) is 5.75 Å². The molecule has 5 N–H and O–H groups in total. The summed E-state index contributed by atoms with van der Waals surface area (Å²) in [7, 11) is 1.61. The van der Waals surface area contributed by atoms with Gasteiger partial charge in [-0.05, 0) is 73.2 Å². The minimum Gasteiger partial charge on any atom is -0.495 e. The van der Waals surface area contributed by atoms with Crippen molar-refractivity contribution in [2.45, 2.75) is 23.5 Å². The Balaban J connectivity index is 1.61. The summed E-state index contributed by atoms with van der Waals surface area (Å²) in [6, 6.07) is 21.7. The van der Waals surface area contributed by atoms with Crippen molar-refractivity contribution in [1.82, 2.24) is 0 Å². The number of para-hydroxylation sites is 2. The number of carbonyl (C=O) groups is 2. The molecule has 176 valence electrons. The van der Waals surface area contributed by atoms with E-state index in [-0.39, 0.29) is 11.2 Å². The molecule has 3 aromatic carbocycles. The number of amides is 2. The average Bonchev–Trinajstić information content (AvgIpc) is 2.83. The fourth-order valence-corrected chi connectivity index (χ4v) is 4.35. The van der Waals surface area contributed by atoms with Crippen molar-refractivity contribution < 1.29 is 14.3 Å². The van der Waals surface area contributed by atoms with Gasteiger partial charge in [-0.2, -0.15) is 0 Å². The van der Waals surface area contributed by atoms with Gasteiger partial charge in [0.15, 0.2) is 5.11 Å². The number of rotatable bonds is 9. The highest BCUT2D eigenvalue weighted by molar-refractivity contribution is 8.00. The number of hydrogen-bond acceptors (Lipinski definition) is 5. The fraction of sp³-hybridized carbons (Fsp3) is 0.160. The van der Waals surface area contributed by atoms with E-state index in [2.05, 4.69) is 16.0 Å². The molecule has 2 amide bonds. The summed E-state index contributed by atoms with van der Waals surface area (Å²) in [5.41, 5.74) is 7.83. The lowest BCUT2D eigenvalue weighted by molar-refractivity contribution is -0.115. The molecule has 0 bridgehead atoms. The van der Waals surface area contributed by atoms with Crippen LogP contribution in [-0.4, -0.2) is 29.3 Å². The lowest BCUT2D eigenvalue weighted by Gasteiger charge is -2.16. The molecule has 0 aromatic heterocycles. The summed E-state index contributed by atoms with van der Waals surface area (Å²) in [6.07, 6.45) is 0.640. The van der Waals surface area contributed by atoms with E-state index >= 15 is 0 Å². The molecular weight excluding hydrogens is 468 g/mol. The second-order valence-electron chi connectivity index (χ2n) is 7.25. The Kier molecular flexibility index (Phi) is 8.89. The van der Waals surface area contributed by atoms with Crippen molar-refractivity contribution in [2.75, 3.05) is 23.1 Å².